The Labute approximate surface area is 216 Å². The SMILES string of the molecule is Cc1cccc(-c2c(C)ccc(O)c2C(=O)NC(N)=NCCCCC[C@@H]2SC[C@@H]3NC(=O)N[C@@H]32)c1C. The number of aromatic hydroxyl groups is 1. The first-order valence-electron chi connectivity index (χ1n) is 12.4. The van der Waals surface area contributed by atoms with Crippen LogP contribution in [0, 0.1) is 20.8 Å². The topological polar surface area (TPSA) is 129 Å². The predicted molar refractivity (Wildman–Crippen MR) is 146 cm³/mol. The second-order valence-corrected chi connectivity index (χ2v) is 10.9. The van der Waals surface area contributed by atoms with Crippen molar-refractivity contribution >= 4 is 29.7 Å². The van der Waals surface area contributed by atoms with Gasteiger partial charge in [0.05, 0.1) is 17.6 Å². The minimum Gasteiger partial charge on any atom is -0.507 e. The number of benzene rings is 2. The largest absolute Gasteiger partial charge is 0.507 e. The van der Waals surface area contributed by atoms with E-state index in [1.54, 1.807) is 0 Å². The number of fused-ring (bicyclic) bond motifs is 1. The molecule has 0 bridgehead atoms. The highest BCUT2D eigenvalue weighted by atomic mass is 32.2. The van der Waals surface area contributed by atoms with Crippen molar-refractivity contribution in [1.29, 1.82) is 0 Å². The average molecular weight is 510 g/mol. The third-order valence-corrected chi connectivity index (χ3v) is 8.61. The highest BCUT2D eigenvalue weighted by Gasteiger charge is 2.42. The van der Waals surface area contributed by atoms with Crippen molar-refractivity contribution in [3.05, 3.63) is 52.6 Å². The molecule has 3 atom stereocenters. The fourth-order valence-electron chi connectivity index (χ4n) is 4.99. The number of phenols is 1. The summed E-state index contributed by atoms with van der Waals surface area (Å²) in [5.74, 6) is 0.439. The maximum absolute atomic E-state index is 13.1. The van der Waals surface area contributed by atoms with Gasteiger partial charge in [0.25, 0.3) is 5.91 Å². The Balaban J connectivity index is 1.32. The molecule has 192 valence electrons. The lowest BCUT2D eigenvalue weighted by Crippen LogP contribution is -2.37. The maximum atomic E-state index is 13.1. The predicted octanol–water partition coefficient (Wildman–Crippen LogP) is 3.75. The van der Waals surface area contributed by atoms with Gasteiger partial charge in [-0.05, 0) is 61.9 Å². The number of thioether (sulfide) groups is 1. The summed E-state index contributed by atoms with van der Waals surface area (Å²) in [6.07, 6.45) is 3.96. The summed E-state index contributed by atoms with van der Waals surface area (Å²) < 4.78 is 0. The van der Waals surface area contributed by atoms with Crippen molar-refractivity contribution in [2.75, 3.05) is 12.3 Å². The Hall–Kier alpha value is -3.20. The Morgan fingerprint density at radius 2 is 1.94 bits per heavy atom. The van der Waals surface area contributed by atoms with Gasteiger partial charge < -0.3 is 21.5 Å². The monoisotopic (exact) mass is 509 g/mol. The standard InChI is InChI=1S/C27H35N5O3S/c1-15-8-7-9-18(17(15)3)22-16(2)11-12-20(33)23(22)25(34)32-26(28)29-13-6-4-5-10-21-24-19(14-36-21)30-27(35)31-24/h7-9,11-12,19,21,24,33H,4-6,10,13-14H2,1-3H3,(H2,30,31,35)(H3,28,29,32,34)/t19-,21-,24-/m0/s1. The first-order chi connectivity index (χ1) is 17.3. The molecule has 0 saturated carbocycles. The van der Waals surface area contributed by atoms with Gasteiger partial charge in [0.15, 0.2) is 5.96 Å². The van der Waals surface area contributed by atoms with Crippen LogP contribution in [0.15, 0.2) is 35.3 Å². The molecule has 2 saturated heterocycles. The van der Waals surface area contributed by atoms with Crippen LogP contribution in [-0.4, -0.2) is 52.6 Å². The van der Waals surface area contributed by atoms with Crippen LogP contribution in [0.4, 0.5) is 4.79 Å². The van der Waals surface area contributed by atoms with Crippen molar-refractivity contribution in [2.24, 2.45) is 10.7 Å². The minimum atomic E-state index is -0.478. The molecule has 2 fully saturated rings. The molecule has 4 rings (SSSR count). The molecule has 0 aliphatic carbocycles. The van der Waals surface area contributed by atoms with Gasteiger partial charge in [-0.15, -0.1) is 0 Å². The lowest BCUT2D eigenvalue weighted by Gasteiger charge is -2.17. The van der Waals surface area contributed by atoms with Crippen LogP contribution in [0.3, 0.4) is 0 Å². The zero-order chi connectivity index (χ0) is 25.8. The van der Waals surface area contributed by atoms with Crippen LogP contribution in [0.1, 0.15) is 52.7 Å². The number of amides is 3. The molecule has 0 unspecified atom stereocenters. The van der Waals surface area contributed by atoms with E-state index in [4.69, 9.17) is 5.73 Å². The number of aryl methyl sites for hydroxylation is 2. The van der Waals surface area contributed by atoms with E-state index < -0.39 is 5.91 Å². The van der Waals surface area contributed by atoms with E-state index in [9.17, 15) is 14.7 Å². The van der Waals surface area contributed by atoms with E-state index in [1.807, 2.05) is 56.8 Å². The fourth-order valence-corrected chi connectivity index (χ4v) is 6.53. The molecule has 0 spiro atoms. The van der Waals surface area contributed by atoms with E-state index in [-0.39, 0.29) is 35.4 Å². The molecule has 8 nitrogen and oxygen atoms in total. The Morgan fingerprint density at radius 3 is 2.75 bits per heavy atom. The zero-order valence-electron chi connectivity index (χ0n) is 21.1. The summed E-state index contributed by atoms with van der Waals surface area (Å²) in [5, 5.41) is 19.7. The summed E-state index contributed by atoms with van der Waals surface area (Å²) in [4.78, 5) is 29.0. The van der Waals surface area contributed by atoms with E-state index in [2.05, 4.69) is 20.9 Å². The number of hydrogen-bond donors (Lipinski definition) is 5. The third-order valence-electron chi connectivity index (χ3n) is 7.10. The number of rotatable bonds is 8. The number of nitrogens with two attached hydrogens (primary N) is 1. The highest BCUT2D eigenvalue weighted by molar-refractivity contribution is 8.00. The minimum absolute atomic E-state index is 0.0433. The lowest BCUT2D eigenvalue weighted by molar-refractivity contribution is 0.0974. The number of nitrogens with zero attached hydrogens (tertiary/aromatic N) is 1. The summed E-state index contributed by atoms with van der Waals surface area (Å²) in [6.45, 7) is 6.47. The summed E-state index contributed by atoms with van der Waals surface area (Å²) in [6, 6.07) is 9.70. The highest BCUT2D eigenvalue weighted by Crippen LogP contribution is 2.36. The molecule has 2 aromatic rings. The molecule has 3 amide bonds. The molecule has 2 aliphatic rings. The van der Waals surface area contributed by atoms with Crippen LogP contribution in [-0.2, 0) is 0 Å². The molecular weight excluding hydrogens is 474 g/mol. The van der Waals surface area contributed by atoms with Crippen LogP contribution >= 0.6 is 11.8 Å². The number of guanidine groups is 1. The molecule has 0 aromatic heterocycles. The zero-order valence-corrected chi connectivity index (χ0v) is 21.9. The summed E-state index contributed by atoms with van der Waals surface area (Å²) in [7, 11) is 0. The van der Waals surface area contributed by atoms with Gasteiger partial charge in [0.2, 0.25) is 0 Å². The van der Waals surface area contributed by atoms with Crippen LogP contribution in [0.2, 0.25) is 0 Å². The van der Waals surface area contributed by atoms with E-state index in [0.29, 0.717) is 17.4 Å². The van der Waals surface area contributed by atoms with Gasteiger partial charge in [-0.3, -0.25) is 15.1 Å². The van der Waals surface area contributed by atoms with Gasteiger partial charge in [0, 0.05) is 23.1 Å². The molecule has 6 N–H and O–H groups in total. The second-order valence-electron chi connectivity index (χ2n) is 9.59. The summed E-state index contributed by atoms with van der Waals surface area (Å²) in [5.41, 5.74) is 10.9. The van der Waals surface area contributed by atoms with Crippen molar-refractivity contribution in [2.45, 2.75) is 63.8 Å². The quantitative estimate of drug-likeness (QED) is 0.160. The smallest absolute Gasteiger partial charge is 0.315 e. The average Bonchev–Trinajstić information content (AvgIpc) is 3.38. The maximum Gasteiger partial charge on any atom is 0.315 e. The summed E-state index contributed by atoms with van der Waals surface area (Å²) >= 11 is 1.92. The number of hydrogen-bond acceptors (Lipinski definition) is 5. The molecule has 2 aromatic carbocycles. The molecule has 2 aliphatic heterocycles. The molecule has 36 heavy (non-hydrogen) atoms. The first kappa shape index (κ1) is 25.9. The Bertz CT molecular complexity index is 1180. The normalized spacial score (nSPS) is 21.1. The van der Waals surface area contributed by atoms with Gasteiger partial charge >= 0.3 is 6.03 Å². The molecule has 0 radical (unpaired) electrons. The molecule has 9 heteroatoms. The first-order valence-corrected chi connectivity index (χ1v) is 13.5. The van der Waals surface area contributed by atoms with Crippen molar-refractivity contribution in [3.63, 3.8) is 0 Å². The second kappa shape index (κ2) is 11.2. The number of carbonyl (C=O) groups is 2. The van der Waals surface area contributed by atoms with Crippen molar-refractivity contribution in [3.8, 4) is 16.9 Å². The fraction of sp³-hybridized carbons (Fsp3) is 0.444. The number of unbranched alkanes of at least 4 members (excludes halogenated alkanes) is 2. The van der Waals surface area contributed by atoms with Crippen molar-refractivity contribution < 1.29 is 14.7 Å². The van der Waals surface area contributed by atoms with Crippen LogP contribution in [0.5, 0.6) is 5.75 Å². The van der Waals surface area contributed by atoms with Crippen LogP contribution < -0.4 is 21.7 Å². The van der Waals surface area contributed by atoms with E-state index in [0.717, 1.165) is 53.7 Å². The Morgan fingerprint density at radius 1 is 1.14 bits per heavy atom. The van der Waals surface area contributed by atoms with Gasteiger partial charge in [-0.2, -0.15) is 11.8 Å². The molecular formula is C27H35N5O3S. The van der Waals surface area contributed by atoms with Crippen LogP contribution in [0.25, 0.3) is 11.1 Å². The number of nitrogens with one attached hydrogen (secondary N) is 3. The van der Waals surface area contributed by atoms with Gasteiger partial charge in [-0.1, -0.05) is 37.1 Å². The molecule has 2 heterocycles. The van der Waals surface area contributed by atoms with E-state index >= 15 is 0 Å². The number of phenolic OH excluding ortho intramolecular Hbond substituents is 1. The Kier molecular flexibility index (Phi) is 8.08. The number of carbonyl (C=O) groups excluding carboxylic acids is 2. The van der Waals surface area contributed by atoms with Gasteiger partial charge in [-0.25, -0.2) is 4.79 Å². The van der Waals surface area contributed by atoms with Crippen molar-refractivity contribution in [1.82, 2.24) is 16.0 Å². The number of aliphatic imine (C=N–C) groups is 1. The van der Waals surface area contributed by atoms with Gasteiger partial charge in [0.1, 0.15) is 5.75 Å². The lowest BCUT2D eigenvalue weighted by atomic mass is 9.89. The third kappa shape index (κ3) is 5.61. The number of urea groups is 1. The van der Waals surface area contributed by atoms with E-state index in [1.165, 1.54) is 6.07 Å².